The second-order valence-corrected chi connectivity index (χ2v) is 6.51. The van der Waals surface area contributed by atoms with E-state index in [-0.39, 0.29) is 24.1 Å². The second-order valence-electron chi connectivity index (χ2n) is 6.51. The van der Waals surface area contributed by atoms with Gasteiger partial charge in [-0.3, -0.25) is 0 Å². The quantitative estimate of drug-likeness (QED) is 0.786. The van der Waals surface area contributed by atoms with Crippen molar-refractivity contribution in [1.29, 1.82) is 0 Å². The first-order valence-corrected chi connectivity index (χ1v) is 8.17. The Hall–Kier alpha value is -1.91. The lowest BCUT2D eigenvalue weighted by Crippen LogP contribution is -2.48. The van der Waals surface area contributed by atoms with E-state index in [2.05, 4.69) is 5.32 Å². The van der Waals surface area contributed by atoms with Gasteiger partial charge in [-0.15, -0.1) is 0 Å². The van der Waals surface area contributed by atoms with E-state index in [0.29, 0.717) is 11.5 Å². The van der Waals surface area contributed by atoms with Crippen molar-refractivity contribution in [2.45, 2.75) is 38.6 Å². The highest BCUT2D eigenvalue weighted by Gasteiger charge is 2.32. The lowest BCUT2D eigenvalue weighted by molar-refractivity contribution is 0.102. The number of nitrogens with one attached hydrogen (secondary N) is 1. The van der Waals surface area contributed by atoms with Crippen LogP contribution in [0.2, 0.25) is 0 Å². The van der Waals surface area contributed by atoms with Crippen molar-refractivity contribution in [3.05, 3.63) is 23.8 Å². The molecule has 1 saturated heterocycles. The molecule has 3 N–H and O–H groups in total. The summed E-state index contributed by atoms with van der Waals surface area (Å²) in [7, 11) is 0. The number of carbonyl (C=O) groups excluding carboxylic acids is 1. The van der Waals surface area contributed by atoms with Crippen LogP contribution in [0.3, 0.4) is 0 Å². The molecule has 1 heterocycles. The predicted molar refractivity (Wildman–Crippen MR) is 83.6 cm³/mol. The molecular weight excluding hydrogens is 280 g/mol. The first-order chi connectivity index (χ1) is 10.6. The monoisotopic (exact) mass is 304 g/mol. The van der Waals surface area contributed by atoms with E-state index < -0.39 is 0 Å². The fourth-order valence-corrected chi connectivity index (χ4v) is 3.77. The van der Waals surface area contributed by atoms with Gasteiger partial charge in [0.05, 0.1) is 0 Å². The molecule has 0 bridgehead atoms. The summed E-state index contributed by atoms with van der Waals surface area (Å²) in [5, 5.41) is 21.9. The van der Waals surface area contributed by atoms with Gasteiger partial charge in [0.15, 0.2) is 0 Å². The van der Waals surface area contributed by atoms with E-state index in [1.165, 1.54) is 37.8 Å². The summed E-state index contributed by atoms with van der Waals surface area (Å²) < 4.78 is 0. The zero-order valence-electron chi connectivity index (χ0n) is 12.8. The predicted octanol–water partition coefficient (Wildman–Crippen LogP) is 2.82. The van der Waals surface area contributed by atoms with Crippen molar-refractivity contribution in [2.24, 2.45) is 11.8 Å². The van der Waals surface area contributed by atoms with Crippen molar-refractivity contribution in [3.63, 3.8) is 0 Å². The first kappa shape index (κ1) is 15.0. The maximum atomic E-state index is 12.3. The molecule has 1 aromatic rings. The summed E-state index contributed by atoms with van der Waals surface area (Å²) in [5.41, 5.74) is 0.610. The number of urea groups is 1. The summed E-state index contributed by atoms with van der Waals surface area (Å²) in [6.45, 7) is 1.96. The number of amides is 2. The van der Waals surface area contributed by atoms with Gasteiger partial charge < -0.3 is 20.4 Å². The highest BCUT2D eigenvalue weighted by molar-refractivity contribution is 5.74. The average molecular weight is 304 g/mol. The van der Waals surface area contributed by atoms with Crippen LogP contribution in [0.25, 0.3) is 0 Å². The smallest absolute Gasteiger partial charge is 0.317 e. The summed E-state index contributed by atoms with van der Waals surface area (Å²) in [5.74, 6) is 1.49. The summed E-state index contributed by atoms with van der Waals surface area (Å²) in [6, 6.07) is 4.36. The Morgan fingerprint density at radius 1 is 1.18 bits per heavy atom. The van der Waals surface area contributed by atoms with Crippen LogP contribution in [0, 0.1) is 11.8 Å². The molecule has 5 nitrogen and oxygen atoms in total. The fraction of sp³-hybridized carbons (Fsp3) is 0.588. The van der Waals surface area contributed by atoms with Gasteiger partial charge in [0.1, 0.15) is 11.5 Å². The average Bonchev–Trinajstić information content (AvgIpc) is 2.53. The van der Waals surface area contributed by atoms with E-state index in [9.17, 15) is 15.0 Å². The van der Waals surface area contributed by atoms with Gasteiger partial charge in [-0.2, -0.15) is 0 Å². The Morgan fingerprint density at radius 2 is 1.95 bits per heavy atom. The number of rotatable bonds is 2. The molecule has 2 amide bonds. The van der Waals surface area contributed by atoms with Crippen molar-refractivity contribution < 1.29 is 15.0 Å². The number of phenols is 2. The minimum atomic E-state index is -0.0588. The first-order valence-electron chi connectivity index (χ1n) is 8.17. The van der Waals surface area contributed by atoms with Crippen LogP contribution in [0.5, 0.6) is 11.5 Å². The Morgan fingerprint density at radius 3 is 2.73 bits per heavy atom. The number of piperidine rings is 1. The van der Waals surface area contributed by atoms with Crippen LogP contribution in [-0.2, 0) is 6.54 Å². The van der Waals surface area contributed by atoms with Gasteiger partial charge >= 0.3 is 6.03 Å². The largest absolute Gasteiger partial charge is 0.508 e. The van der Waals surface area contributed by atoms with Crippen molar-refractivity contribution >= 4 is 6.03 Å². The van der Waals surface area contributed by atoms with Gasteiger partial charge in [0, 0.05) is 31.3 Å². The van der Waals surface area contributed by atoms with Crippen LogP contribution in [0.1, 0.15) is 37.7 Å². The molecule has 0 spiro atoms. The van der Waals surface area contributed by atoms with Crippen LogP contribution < -0.4 is 5.32 Å². The second kappa shape index (κ2) is 6.46. The van der Waals surface area contributed by atoms with Gasteiger partial charge in [-0.25, -0.2) is 4.79 Å². The van der Waals surface area contributed by atoms with Gasteiger partial charge in [0.25, 0.3) is 0 Å². The van der Waals surface area contributed by atoms with Crippen LogP contribution >= 0.6 is 0 Å². The number of fused-ring (bicyclic) bond motifs is 1. The number of aromatic hydroxyl groups is 2. The van der Waals surface area contributed by atoms with E-state index in [0.717, 1.165) is 25.4 Å². The molecule has 1 saturated carbocycles. The Balaban J connectivity index is 1.53. The number of phenolic OH excluding ortho intramolecular Hbond substituents is 2. The van der Waals surface area contributed by atoms with Crippen LogP contribution in [0.15, 0.2) is 18.2 Å². The Bertz CT molecular complexity index is 547. The maximum Gasteiger partial charge on any atom is 0.317 e. The van der Waals surface area contributed by atoms with Crippen molar-refractivity contribution in [1.82, 2.24) is 10.2 Å². The van der Waals surface area contributed by atoms with Crippen molar-refractivity contribution in [3.8, 4) is 11.5 Å². The number of hydrogen-bond donors (Lipinski definition) is 3. The SMILES string of the molecule is O=C(NCc1ccc(O)cc1O)N1CC[C@@H]2CCCC[C@H]2C1. The zero-order chi connectivity index (χ0) is 15.5. The highest BCUT2D eigenvalue weighted by atomic mass is 16.3. The standard InChI is InChI=1S/C17H24N2O3/c20-15-6-5-13(16(21)9-15)10-18-17(22)19-8-7-12-3-1-2-4-14(12)11-19/h5-6,9,12,14,20-21H,1-4,7-8,10-11H2,(H,18,22)/t12-,14-/m0/s1. The summed E-state index contributed by atoms with van der Waals surface area (Å²) >= 11 is 0. The normalized spacial score (nSPS) is 24.6. The third-order valence-electron chi connectivity index (χ3n) is 5.08. The van der Waals surface area contributed by atoms with Gasteiger partial charge in [-0.05, 0) is 36.8 Å². The van der Waals surface area contributed by atoms with Gasteiger partial charge in [-0.1, -0.05) is 19.3 Å². The molecule has 0 unspecified atom stereocenters. The topological polar surface area (TPSA) is 72.8 Å². The number of hydrogen-bond acceptors (Lipinski definition) is 3. The molecule has 2 fully saturated rings. The van der Waals surface area contributed by atoms with E-state index in [1.54, 1.807) is 6.07 Å². The lowest BCUT2D eigenvalue weighted by atomic mass is 9.75. The number of likely N-dealkylation sites (tertiary alicyclic amines) is 1. The Kier molecular flexibility index (Phi) is 4.41. The third-order valence-corrected chi connectivity index (χ3v) is 5.08. The number of benzene rings is 1. The maximum absolute atomic E-state index is 12.3. The molecular formula is C17H24N2O3. The molecule has 1 aliphatic heterocycles. The van der Waals surface area contributed by atoms with Crippen LogP contribution in [-0.4, -0.2) is 34.2 Å². The molecule has 1 aliphatic carbocycles. The molecule has 1 aromatic carbocycles. The summed E-state index contributed by atoms with van der Waals surface area (Å²) in [4.78, 5) is 14.2. The van der Waals surface area contributed by atoms with Gasteiger partial charge in [0.2, 0.25) is 0 Å². The molecule has 120 valence electrons. The molecule has 2 aliphatic rings. The molecule has 22 heavy (non-hydrogen) atoms. The molecule has 5 heteroatoms. The van der Waals surface area contributed by atoms with E-state index in [1.807, 2.05) is 4.90 Å². The third kappa shape index (κ3) is 3.29. The fourth-order valence-electron chi connectivity index (χ4n) is 3.77. The molecule has 2 atom stereocenters. The number of nitrogens with zero attached hydrogens (tertiary/aromatic N) is 1. The lowest BCUT2D eigenvalue weighted by Gasteiger charge is -2.41. The summed E-state index contributed by atoms with van der Waals surface area (Å²) in [6.07, 6.45) is 6.31. The molecule has 0 aromatic heterocycles. The minimum Gasteiger partial charge on any atom is -0.508 e. The highest BCUT2D eigenvalue weighted by Crippen LogP contribution is 2.36. The van der Waals surface area contributed by atoms with E-state index >= 15 is 0 Å². The van der Waals surface area contributed by atoms with Crippen molar-refractivity contribution in [2.75, 3.05) is 13.1 Å². The minimum absolute atomic E-state index is 0.00582. The number of carbonyl (C=O) groups is 1. The molecule has 0 radical (unpaired) electrons. The van der Waals surface area contributed by atoms with Crippen LogP contribution in [0.4, 0.5) is 4.79 Å². The van der Waals surface area contributed by atoms with E-state index in [4.69, 9.17) is 0 Å². The molecule has 3 rings (SSSR count). The Labute approximate surface area is 130 Å². The zero-order valence-corrected chi connectivity index (χ0v) is 12.8.